The minimum absolute atomic E-state index is 0.0833. The molecule has 0 bridgehead atoms. The molecule has 1 aliphatic carbocycles. The van der Waals surface area contributed by atoms with Crippen LogP contribution in [-0.4, -0.2) is 61.6 Å². The highest BCUT2D eigenvalue weighted by atomic mass is 16.5. The lowest BCUT2D eigenvalue weighted by atomic mass is 9.84. The number of ether oxygens (including phenoxy) is 2. The Morgan fingerprint density at radius 2 is 1.64 bits per heavy atom. The first kappa shape index (κ1) is 33.1. The zero-order chi connectivity index (χ0) is 30.5. The summed E-state index contributed by atoms with van der Waals surface area (Å²) in [6.07, 6.45) is 7.62. The van der Waals surface area contributed by atoms with E-state index < -0.39 is 18.0 Å². The Morgan fingerprint density at radius 3 is 2.29 bits per heavy atom. The van der Waals surface area contributed by atoms with Gasteiger partial charge in [-0.3, -0.25) is 9.59 Å². The fourth-order valence-corrected chi connectivity index (χ4v) is 5.64. The number of esters is 1. The first-order valence-electron chi connectivity index (χ1n) is 15.3. The molecule has 1 saturated carbocycles. The monoisotopic (exact) mass is 580 g/mol. The lowest BCUT2D eigenvalue weighted by Gasteiger charge is -2.29. The number of nitrogens with zero attached hydrogens (tertiary/aromatic N) is 1. The second-order valence-electron chi connectivity index (χ2n) is 11.3. The van der Waals surface area contributed by atoms with Crippen molar-refractivity contribution < 1.29 is 23.9 Å². The van der Waals surface area contributed by atoms with Gasteiger partial charge in [-0.05, 0) is 61.1 Å². The number of carbonyl (C=O) groups excluding carboxylic acids is 3. The maximum absolute atomic E-state index is 13.5. The smallest absolute Gasteiger partial charge is 0.338 e. The zero-order valence-corrected chi connectivity index (χ0v) is 25.4. The molecule has 5 N–H and O–H groups in total. The largest absolute Gasteiger partial charge is 0.497 e. The highest BCUT2D eigenvalue weighted by Crippen LogP contribution is 2.28. The van der Waals surface area contributed by atoms with E-state index in [0.29, 0.717) is 32.1 Å². The highest BCUT2D eigenvalue weighted by Gasteiger charge is 2.28. The molecule has 42 heavy (non-hydrogen) atoms. The molecule has 0 spiro atoms. The number of hydrogen-bond donors (Lipinski definition) is 3. The van der Waals surface area contributed by atoms with Gasteiger partial charge in [0.1, 0.15) is 11.9 Å². The van der Waals surface area contributed by atoms with E-state index in [9.17, 15) is 14.4 Å². The van der Waals surface area contributed by atoms with Gasteiger partial charge in [-0.25, -0.2) is 4.79 Å². The summed E-state index contributed by atoms with van der Waals surface area (Å²) in [5.41, 5.74) is 13.7. The number of methoxy groups -OCH3 is 1. The third-order valence-electron chi connectivity index (χ3n) is 7.85. The molecule has 2 aromatic rings. The molecule has 0 radical (unpaired) electrons. The van der Waals surface area contributed by atoms with E-state index in [1.165, 1.54) is 37.5 Å². The van der Waals surface area contributed by atoms with Crippen LogP contribution in [0, 0.1) is 5.92 Å². The van der Waals surface area contributed by atoms with Crippen molar-refractivity contribution in [3.63, 3.8) is 0 Å². The van der Waals surface area contributed by atoms with E-state index in [-0.39, 0.29) is 28.6 Å². The Balaban J connectivity index is 1.81. The Hall–Kier alpha value is -3.43. The first-order chi connectivity index (χ1) is 20.2. The van der Waals surface area contributed by atoms with Gasteiger partial charge in [0, 0.05) is 43.3 Å². The Bertz CT molecular complexity index is 1170. The number of rotatable bonds is 16. The quantitative estimate of drug-likeness (QED) is 0.245. The van der Waals surface area contributed by atoms with Crippen LogP contribution in [0.5, 0.6) is 5.75 Å². The number of nitrogens with one attached hydrogen (secondary N) is 1. The van der Waals surface area contributed by atoms with Crippen molar-refractivity contribution >= 4 is 17.8 Å². The van der Waals surface area contributed by atoms with Crippen molar-refractivity contribution in [1.29, 1.82) is 0 Å². The van der Waals surface area contributed by atoms with Gasteiger partial charge in [0.15, 0.2) is 0 Å². The molecule has 230 valence electrons. The number of nitrogens with two attached hydrogens (primary N) is 2. The van der Waals surface area contributed by atoms with E-state index in [1.807, 2.05) is 38.1 Å². The van der Waals surface area contributed by atoms with Crippen molar-refractivity contribution in [2.75, 3.05) is 26.7 Å². The standard InChI is InChI=1S/C33H48N4O5/c1-4-14-37(15-5-2)32(39)26-18-25(31(35)38)19-27(20-26)33(40)42-30(29(34)17-23-10-7-6-8-11-23)22-36-21-24-12-9-13-28(16-24)41-3/h9,12-13,16,18-20,23,29-30,36H,4-8,10-11,14-15,17,21-22,34H2,1-3H3,(H2,35,38). The lowest BCUT2D eigenvalue weighted by Crippen LogP contribution is -2.45. The van der Waals surface area contributed by atoms with Crippen molar-refractivity contribution in [2.24, 2.45) is 17.4 Å². The fraction of sp³-hybridized carbons (Fsp3) is 0.545. The number of hydrogen-bond acceptors (Lipinski definition) is 7. The summed E-state index contributed by atoms with van der Waals surface area (Å²) in [6, 6.07) is 11.7. The summed E-state index contributed by atoms with van der Waals surface area (Å²) in [5, 5.41) is 3.38. The molecule has 1 aliphatic rings. The van der Waals surface area contributed by atoms with Crippen LogP contribution in [0.25, 0.3) is 0 Å². The summed E-state index contributed by atoms with van der Waals surface area (Å²) in [4.78, 5) is 40.7. The van der Waals surface area contributed by atoms with Crippen molar-refractivity contribution in [3.05, 3.63) is 64.7 Å². The zero-order valence-electron chi connectivity index (χ0n) is 25.4. The maximum Gasteiger partial charge on any atom is 0.338 e. The van der Waals surface area contributed by atoms with Crippen LogP contribution in [-0.2, 0) is 11.3 Å². The molecule has 3 rings (SSSR count). The molecule has 9 heteroatoms. The van der Waals surface area contributed by atoms with Gasteiger partial charge in [-0.2, -0.15) is 0 Å². The van der Waals surface area contributed by atoms with Gasteiger partial charge >= 0.3 is 5.97 Å². The third-order valence-corrected chi connectivity index (χ3v) is 7.85. The molecule has 2 atom stereocenters. The van der Waals surface area contributed by atoms with Gasteiger partial charge in [-0.15, -0.1) is 0 Å². The summed E-state index contributed by atoms with van der Waals surface area (Å²) in [6.45, 7) is 6.03. The van der Waals surface area contributed by atoms with Gasteiger partial charge in [0.2, 0.25) is 5.91 Å². The van der Waals surface area contributed by atoms with Crippen LogP contribution in [0.2, 0.25) is 0 Å². The van der Waals surface area contributed by atoms with Crippen LogP contribution >= 0.6 is 0 Å². The first-order valence-corrected chi connectivity index (χ1v) is 15.3. The van der Waals surface area contributed by atoms with Gasteiger partial charge in [-0.1, -0.05) is 58.1 Å². The minimum atomic E-state index is -0.721. The van der Waals surface area contributed by atoms with Crippen LogP contribution in [0.15, 0.2) is 42.5 Å². The lowest BCUT2D eigenvalue weighted by molar-refractivity contribution is 0.0210. The predicted molar refractivity (Wildman–Crippen MR) is 165 cm³/mol. The molecule has 2 aromatic carbocycles. The molecule has 2 amide bonds. The Kier molecular flexibility index (Phi) is 13.3. The van der Waals surface area contributed by atoms with Crippen LogP contribution in [0.1, 0.15) is 102 Å². The minimum Gasteiger partial charge on any atom is -0.497 e. The molecule has 2 unspecified atom stereocenters. The van der Waals surface area contributed by atoms with Crippen LogP contribution in [0.3, 0.4) is 0 Å². The maximum atomic E-state index is 13.5. The SMILES string of the molecule is CCCN(CCC)C(=O)c1cc(C(N)=O)cc(C(=O)OC(CNCc2cccc(OC)c2)C(N)CC2CCCCC2)c1. The highest BCUT2D eigenvalue weighted by molar-refractivity contribution is 6.03. The van der Waals surface area contributed by atoms with Crippen LogP contribution in [0.4, 0.5) is 0 Å². The van der Waals surface area contributed by atoms with E-state index in [1.54, 1.807) is 12.0 Å². The molecule has 0 heterocycles. The topological polar surface area (TPSA) is 137 Å². The molecule has 0 saturated heterocycles. The molecular formula is C33H48N4O5. The fourth-order valence-electron chi connectivity index (χ4n) is 5.64. The number of benzene rings is 2. The van der Waals surface area contributed by atoms with Crippen LogP contribution < -0.4 is 21.5 Å². The number of amides is 2. The average Bonchev–Trinajstić information content (AvgIpc) is 3.00. The van der Waals surface area contributed by atoms with E-state index in [4.69, 9.17) is 20.9 Å². The summed E-state index contributed by atoms with van der Waals surface area (Å²) in [5.74, 6) is -0.346. The predicted octanol–water partition coefficient (Wildman–Crippen LogP) is 4.67. The third kappa shape index (κ3) is 9.84. The van der Waals surface area contributed by atoms with Crippen molar-refractivity contribution in [1.82, 2.24) is 10.2 Å². The second kappa shape index (κ2) is 16.9. The van der Waals surface area contributed by atoms with E-state index in [0.717, 1.165) is 43.4 Å². The molecular weight excluding hydrogens is 532 g/mol. The molecule has 0 aromatic heterocycles. The Labute approximate surface area is 250 Å². The van der Waals surface area contributed by atoms with Crippen molar-refractivity contribution in [2.45, 2.75) is 83.9 Å². The summed E-state index contributed by atoms with van der Waals surface area (Å²) in [7, 11) is 1.63. The van der Waals surface area contributed by atoms with Gasteiger partial charge in [0.25, 0.3) is 5.91 Å². The average molecular weight is 581 g/mol. The van der Waals surface area contributed by atoms with E-state index in [2.05, 4.69) is 5.32 Å². The summed E-state index contributed by atoms with van der Waals surface area (Å²) >= 11 is 0. The van der Waals surface area contributed by atoms with Crippen molar-refractivity contribution in [3.8, 4) is 5.75 Å². The van der Waals surface area contributed by atoms with Gasteiger partial charge < -0.3 is 31.2 Å². The Morgan fingerprint density at radius 1 is 0.976 bits per heavy atom. The number of primary amides is 1. The van der Waals surface area contributed by atoms with Gasteiger partial charge in [0.05, 0.1) is 12.7 Å². The normalized spacial score (nSPS) is 15.0. The summed E-state index contributed by atoms with van der Waals surface area (Å²) < 4.78 is 11.3. The molecule has 0 aliphatic heterocycles. The van der Waals surface area contributed by atoms with E-state index >= 15 is 0 Å². The molecule has 1 fully saturated rings. The number of carbonyl (C=O) groups is 3. The molecule has 9 nitrogen and oxygen atoms in total. The second-order valence-corrected chi connectivity index (χ2v) is 11.3.